The first kappa shape index (κ1) is 7.56. The molecule has 64 valence electrons. The molecule has 2 heteroatoms. The van der Waals surface area contributed by atoms with Crippen LogP contribution < -0.4 is 0 Å². The van der Waals surface area contributed by atoms with Gasteiger partial charge in [0.05, 0.1) is 6.10 Å². The number of hydrogen-bond donors (Lipinski definition) is 1. The minimum atomic E-state index is 0.366. The molecule has 0 radical (unpaired) electrons. The molecule has 11 heavy (non-hydrogen) atoms. The van der Waals surface area contributed by atoms with Gasteiger partial charge in [-0.15, -0.1) is 0 Å². The summed E-state index contributed by atoms with van der Waals surface area (Å²) in [6.45, 7) is 1.29. The lowest BCUT2D eigenvalue weighted by atomic mass is 9.77. The van der Waals surface area contributed by atoms with Crippen molar-refractivity contribution in [3.63, 3.8) is 0 Å². The van der Waals surface area contributed by atoms with Crippen molar-refractivity contribution in [2.75, 3.05) is 13.2 Å². The lowest BCUT2D eigenvalue weighted by molar-refractivity contribution is 0.0274. The molecule has 1 aliphatic carbocycles. The first-order valence-electron chi connectivity index (χ1n) is 4.64. The zero-order chi connectivity index (χ0) is 7.68. The van der Waals surface area contributed by atoms with Gasteiger partial charge in [0.1, 0.15) is 0 Å². The molecule has 0 unspecified atom stereocenters. The van der Waals surface area contributed by atoms with Gasteiger partial charge in [0.2, 0.25) is 0 Å². The summed E-state index contributed by atoms with van der Waals surface area (Å²) >= 11 is 0. The molecule has 2 aliphatic rings. The summed E-state index contributed by atoms with van der Waals surface area (Å²) < 4.78 is 5.58. The third-order valence-electron chi connectivity index (χ3n) is 3.16. The van der Waals surface area contributed by atoms with Crippen LogP contribution in [0.5, 0.6) is 0 Å². The van der Waals surface area contributed by atoms with Gasteiger partial charge >= 0.3 is 0 Å². The zero-order valence-electron chi connectivity index (χ0n) is 6.83. The fraction of sp³-hybridized carbons (Fsp3) is 1.00. The van der Waals surface area contributed by atoms with Crippen molar-refractivity contribution in [2.45, 2.75) is 31.8 Å². The highest BCUT2D eigenvalue weighted by molar-refractivity contribution is 4.85. The summed E-state index contributed by atoms with van der Waals surface area (Å²) in [5, 5.41) is 9.08. The summed E-state index contributed by atoms with van der Waals surface area (Å²) in [5.74, 6) is 1.21. The van der Waals surface area contributed by atoms with Crippen LogP contribution in [0.1, 0.15) is 25.7 Å². The lowest BCUT2D eigenvalue weighted by Crippen LogP contribution is -2.30. The minimum Gasteiger partial charge on any atom is -0.396 e. The van der Waals surface area contributed by atoms with Gasteiger partial charge < -0.3 is 9.84 Å². The Balaban J connectivity index is 2.00. The van der Waals surface area contributed by atoms with Crippen LogP contribution in [0.4, 0.5) is 0 Å². The third kappa shape index (κ3) is 1.30. The van der Waals surface area contributed by atoms with E-state index in [9.17, 15) is 0 Å². The normalized spacial score (nSPS) is 43.9. The van der Waals surface area contributed by atoms with E-state index in [2.05, 4.69) is 0 Å². The average molecular weight is 156 g/mol. The van der Waals surface area contributed by atoms with E-state index in [1.54, 1.807) is 0 Å². The Kier molecular flexibility index (Phi) is 2.14. The number of aliphatic hydroxyl groups is 1. The van der Waals surface area contributed by atoms with E-state index in [0.29, 0.717) is 24.5 Å². The molecular weight excluding hydrogens is 140 g/mol. The Labute approximate surface area is 67.6 Å². The first-order chi connectivity index (χ1) is 5.42. The molecule has 2 nitrogen and oxygen atoms in total. The summed E-state index contributed by atoms with van der Waals surface area (Å²) in [6.07, 6.45) is 5.34. The highest BCUT2D eigenvalue weighted by Gasteiger charge is 2.36. The van der Waals surface area contributed by atoms with Gasteiger partial charge in [0.15, 0.2) is 0 Å². The Morgan fingerprint density at radius 1 is 1.27 bits per heavy atom. The second-order valence-corrected chi connectivity index (χ2v) is 3.74. The maximum atomic E-state index is 9.08. The van der Waals surface area contributed by atoms with Crippen molar-refractivity contribution >= 4 is 0 Å². The third-order valence-corrected chi connectivity index (χ3v) is 3.16. The average Bonchev–Trinajstić information content (AvgIpc) is 2.50. The lowest BCUT2D eigenvalue weighted by Gasteiger charge is -2.31. The maximum Gasteiger partial charge on any atom is 0.0607 e. The summed E-state index contributed by atoms with van der Waals surface area (Å²) in [7, 11) is 0. The molecule has 0 spiro atoms. The van der Waals surface area contributed by atoms with Crippen LogP contribution in [0.25, 0.3) is 0 Å². The van der Waals surface area contributed by atoms with Gasteiger partial charge in [-0.05, 0) is 31.1 Å². The Morgan fingerprint density at radius 2 is 2.18 bits per heavy atom. The number of ether oxygens (including phenoxy) is 1. The van der Waals surface area contributed by atoms with E-state index in [1.807, 2.05) is 0 Å². The number of hydrogen-bond acceptors (Lipinski definition) is 2. The molecule has 1 saturated heterocycles. The molecule has 2 rings (SSSR count). The fourth-order valence-corrected chi connectivity index (χ4v) is 2.52. The number of fused-ring (bicyclic) bond motifs is 1. The maximum absolute atomic E-state index is 9.08. The van der Waals surface area contributed by atoms with Crippen molar-refractivity contribution in [3.05, 3.63) is 0 Å². The second-order valence-electron chi connectivity index (χ2n) is 3.74. The van der Waals surface area contributed by atoms with Crippen LogP contribution in [0.2, 0.25) is 0 Å². The molecule has 3 atom stereocenters. The molecule has 1 heterocycles. The Bertz CT molecular complexity index is 136. The van der Waals surface area contributed by atoms with Gasteiger partial charge in [-0.2, -0.15) is 0 Å². The monoisotopic (exact) mass is 156 g/mol. The molecule has 1 saturated carbocycles. The Hall–Kier alpha value is -0.0800. The van der Waals surface area contributed by atoms with Crippen molar-refractivity contribution in [1.29, 1.82) is 0 Å². The molecule has 0 aromatic heterocycles. The molecule has 0 aromatic rings. The van der Waals surface area contributed by atoms with Crippen LogP contribution in [0, 0.1) is 11.8 Å². The van der Waals surface area contributed by atoms with E-state index < -0.39 is 0 Å². The second kappa shape index (κ2) is 3.11. The van der Waals surface area contributed by atoms with Crippen LogP contribution in [-0.2, 0) is 4.74 Å². The van der Waals surface area contributed by atoms with Crippen LogP contribution >= 0.6 is 0 Å². The van der Waals surface area contributed by atoms with Crippen molar-refractivity contribution in [1.82, 2.24) is 0 Å². The molecule has 1 aliphatic heterocycles. The predicted molar refractivity (Wildman–Crippen MR) is 42.3 cm³/mol. The number of rotatable bonds is 1. The zero-order valence-corrected chi connectivity index (χ0v) is 6.83. The van der Waals surface area contributed by atoms with E-state index in [4.69, 9.17) is 9.84 Å². The van der Waals surface area contributed by atoms with Crippen molar-refractivity contribution < 1.29 is 9.84 Å². The minimum absolute atomic E-state index is 0.366. The van der Waals surface area contributed by atoms with Gasteiger partial charge in [0, 0.05) is 13.2 Å². The summed E-state index contributed by atoms with van der Waals surface area (Å²) in [5.41, 5.74) is 0. The number of aliphatic hydroxyl groups excluding tert-OH is 1. The standard InChI is InChI=1S/C9H16O2/c10-6-7-2-1-3-9-8(7)4-5-11-9/h7-10H,1-6H2/t7-,8-,9-/m0/s1. The van der Waals surface area contributed by atoms with Gasteiger partial charge in [-0.3, -0.25) is 0 Å². The van der Waals surface area contributed by atoms with E-state index in [1.165, 1.54) is 25.7 Å². The summed E-state index contributed by atoms with van der Waals surface area (Å²) in [6, 6.07) is 0. The Morgan fingerprint density at radius 3 is 3.00 bits per heavy atom. The van der Waals surface area contributed by atoms with Crippen LogP contribution in [0.15, 0.2) is 0 Å². The highest BCUT2D eigenvalue weighted by atomic mass is 16.5. The van der Waals surface area contributed by atoms with Gasteiger partial charge in [0.25, 0.3) is 0 Å². The molecule has 0 amide bonds. The summed E-state index contributed by atoms with van der Waals surface area (Å²) in [4.78, 5) is 0. The van der Waals surface area contributed by atoms with Crippen molar-refractivity contribution in [2.24, 2.45) is 11.8 Å². The predicted octanol–water partition coefficient (Wildman–Crippen LogP) is 1.18. The first-order valence-corrected chi connectivity index (χ1v) is 4.64. The SMILES string of the molecule is OC[C@@H]1CCC[C@@H]2OCC[C@@H]12. The topological polar surface area (TPSA) is 29.5 Å². The van der Waals surface area contributed by atoms with E-state index in [-0.39, 0.29) is 0 Å². The molecule has 0 bridgehead atoms. The van der Waals surface area contributed by atoms with Crippen molar-refractivity contribution in [3.8, 4) is 0 Å². The quantitative estimate of drug-likeness (QED) is 0.618. The molecule has 1 N–H and O–H groups in total. The van der Waals surface area contributed by atoms with Crippen LogP contribution in [-0.4, -0.2) is 24.4 Å². The highest BCUT2D eigenvalue weighted by Crippen LogP contribution is 2.37. The largest absolute Gasteiger partial charge is 0.396 e. The fourth-order valence-electron chi connectivity index (χ4n) is 2.52. The van der Waals surface area contributed by atoms with Gasteiger partial charge in [-0.25, -0.2) is 0 Å². The molecule has 0 aromatic carbocycles. The smallest absolute Gasteiger partial charge is 0.0607 e. The van der Waals surface area contributed by atoms with Gasteiger partial charge in [-0.1, -0.05) is 6.42 Å². The molecular formula is C9H16O2. The van der Waals surface area contributed by atoms with E-state index in [0.717, 1.165) is 6.61 Å². The van der Waals surface area contributed by atoms with Crippen LogP contribution in [0.3, 0.4) is 0 Å². The molecule has 2 fully saturated rings. The van der Waals surface area contributed by atoms with E-state index >= 15 is 0 Å².